The molecule has 0 aromatic rings. The summed E-state index contributed by atoms with van der Waals surface area (Å²) in [5.74, 6) is -1.07. The average molecular weight is 495 g/mol. The minimum atomic E-state index is -1.40. The zero-order valence-electron chi connectivity index (χ0n) is 22.1. The van der Waals surface area contributed by atoms with E-state index in [9.17, 15) is 25.2 Å². The number of aliphatic hydroxyl groups excluding tert-OH is 3. The van der Waals surface area contributed by atoms with Crippen molar-refractivity contribution < 1.29 is 34.7 Å². The van der Waals surface area contributed by atoms with Gasteiger partial charge >= 0.3 is 5.97 Å². The Bertz CT molecular complexity index is 758. The predicted molar refractivity (Wildman–Crippen MR) is 135 cm³/mol. The number of epoxide rings is 1. The molecule has 35 heavy (non-hydrogen) atoms. The summed E-state index contributed by atoms with van der Waals surface area (Å²) in [6.07, 6.45) is 10.1. The number of ether oxygens (including phenoxy) is 2. The molecule has 200 valence electrons. The molecule has 1 fully saturated rings. The second-order valence-corrected chi connectivity index (χ2v) is 10.8. The Morgan fingerprint density at radius 1 is 1.20 bits per heavy atom. The van der Waals surface area contributed by atoms with Crippen LogP contribution in [0.3, 0.4) is 0 Å². The van der Waals surface area contributed by atoms with Gasteiger partial charge in [0.2, 0.25) is 0 Å². The van der Waals surface area contributed by atoms with Gasteiger partial charge in [-0.1, -0.05) is 58.1 Å². The van der Waals surface area contributed by atoms with Gasteiger partial charge in [0.1, 0.15) is 12.2 Å². The molecule has 0 aromatic heterocycles. The summed E-state index contributed by atoms with van der Waals surface area (Å²) in [5.41, 5.74) is -1.40. The zero-order chi connectivity index (χ0) is 26.3. The number of carbonyl (C=O) groups excluding carboxylic acids is 1. The molecule has 2 aliphatic rings. The van der Waals surface area contributed by atoms with Crippen LogP contribution in [-0.2, 0) is 14.3 Å². The smallest absolute Gasteiger partial charge is 0.311 e. The summed E-state index contributed by atoms with van der Waals surface area (Å²) in [6.45, 7) is 11.1. The van der Waals surface area contributed by atoms with Gasteiger partial charge in [-0.3, -0.25) is 4.79 Å². The molecule has 11 atom stereocenters. The first kappa shape index (κ1) is 29.7. The maximum atomic E-state index is 12.6. The van der Waals surface area contributed by atoms with Gasteiger partial charge in [0.05, 0.1) is 35.9 Å². The topological polar surface area (TPSA) is 120 Å². The van der Waals surface area contributed by atoms with Crippen molar-refractivity contribution in [2.75, 3.05) is 0 Å². The third kappa shape index (κ3) is 8.83. The number of hydrogen-bond acceptors (Lipinski definition) is 7. The summed E-state index contributed by atoms with van der Waals surface area (Å²) in [4.78, 5) is 12.6. The van der Waals surface area contributed by atoms with E-state index in [4.69, 9.17) is 9.47 Å². The maximum Gasteiger partial charge on any atom is 0.311 e. The number of aliphatic hydroxyl groups is 4. The van der Waals surface area contributed by atoms with E-state index in [1.54, 1.807) is 19.1 Å². The number of rotatable bonds is 8. The van der Waals surface area contributed by atoms with E-state index in [0.717, 1.165) is 12.8 Å². The van der Waals surface area contributed by atoms with Crippen molar-refractivity contribution in [3.63, 3.8) is 0 Å². The molecule has 7 nitrogen and oxygen atoms in total. The van der Waals surface area contributed by atoms with E-state index in [1.165, 1.54) is 13.0 Å². The predicted octanol–water partition coefficient (Wildman–Crippen LogP) is 3.31. The number of allylic oxidation sites excluding steroid dienone is 3. The van der Waals surface area contributed by atoms with E-state index < -0.39 is 35.8 Å². The van der Waals surface area contributed by atoms with Gasteiger partial charge in [0.25, 0.3) is 0 Å². The van der Waals surface area contributed by atoms with Crippen LogP contribution in [0.4, 0.5) is 0 Å². The molecular weight excluding hydrogens is 448 g/mol. The van der Waals surface area contributed by atoms with Crippen LogP contribution < -0.4 is 0 Å². The summed E-state index contributed by atoms with van der Waals surface area (Å²) < 4.78 is 11.5. The van der Waals surface area contributed by atoms with Crippen LogP contribution >= 0.6 is 0 Å². The highest BCUT2D eigenvalue weighted by atomic mass is 16.6. The highest BCUT2D eigenvalue weighted by molar-refractivity contribution is 5.73. The van der Waals surface area contributed by atoms with Crippen LogP contribution in [-0.4, -0.2) is 68.6 Å². The lowest BCUT2D eigenvalue weighted by Crippen LogP contribution is -2.41. The number of esters is 1. The summed E-state index contributed by atoms with van der Waals surface area (Å²) >= 11 is 0. The first-order valence-corrected chi connectivity index (χ1v) is 13.0. The lowest BCUT2D eigenvalue weighted by molar-refractivity contribution is -0.157. The maximum absolute atomic E-state index is 12.6. The largest absolute Gasteiger partial charge is 0.457 e. The molecular formula is C28H46O7. The Labute approximate surface area is 210 Å². The second kappa shape index (κ2) is 13.2. The van der Waals surface area contributed by atoms with Crippen LogP contribution in [0.5, 0.6) is 0 Å². The van der Waals surface area contributed by atoms with Crippen molar-refractivity contribution in [3.8, 4) is 0 Å². The molecule has 4 N–H and O–H groups in total. The van der Waals surface area contributed by atoms with Crippen molar-refractivity contribution in [3.05, 3.63) is 36.5 Å². The van der Waals surface area contributed by atoms with Crippen LogP contribution in [0.15, 0.2) is 36.5 Å². The van der Waals surface area contributed by atoms with Gasteiger partial charge in [0.15, 0.2) is 0 Å². The molecule has 2 rings (SSSR count). The minimum absolute atomic E-state index is 0.119. The molecule has 0 aromatic carbocycles. The Morgan fingerprint density at radius 2 is 1.89 bits per heavy atom. The third-order valence-electron chi connectivity index (χ3n) is 7.52. The highest BCUT2D eigenvalue weighted by Crippen LogP contribution is 2.36. The van der Waals surface area contributed by atoms with E-state index in [-0.39, 0.29) is 48.9 Å². The first-order valence-electron chi connectivity index (χ1n) is 13.0. The molecule has 0 amide bonds. The first-order chi connectivity index (χ1) is 16.4. The van der Waals surface area contributed by atoms with Crippen molar-refractivity contribution in [1.29, 1.82) is 0 Å². The Kier molecular flexibility index (Phi) is 11.2. The van der Waals surface area contributed by atoms with Crippen LogP contribution in [0.1, 0.15) is 67.2 Å². The molecule has 0 saturated carbocycles. The molecule has 0 bridgehead atoms. The van der Waals surface area contributed by atoms with E-state index in [1.807, 2.05) is 32.9 Å². The normalized spacial score (nSPS) is 39.6. The van der Waals surface area contributed by atoms with Gasteiger partial charge in [-0.15, -0.1) is 0 Å². The van der Waals surface area contributed by atoms with Gasteiger partial charge in [-0.25, -0.2) is 0 Å². The molecule has 0 radical (unpaired) electrons. The molecule has 11 unspecified atom stereocenters. The fourth-order valence-corrected chi connectivity index (χ4v) is 4.43. The molecule has 7 heteroatoms. The second-order valence-electron chi connectivity index (χ2n) is 10.8. The van der Waals surface area contributed by atoms with Gasteiger partial charge < -0.3 is 29.9 Å². The monoisotopic (exact) mass is 494 g/mol. The Morgan fingerprint density at radius 3 is 2.54 bits per heavy atom. The van der Waals surface area contributed by atoms with E-state index in [0.29, 0.717) is 0 Å². The molecule has 2 aliphatic heterocycles. The van der Waals surface area contributed by atoms with Crippen molar-refractivity contribution in [2.24, 2.45) is 23.7 Å². The van der Waals surface area contributed by atoms with Gasteiger partial charge in [0, 0.05) is 11.8 Å². The van der Waals surface area contributed by atoms with Crippen molar-refractivity contribution >= 4 is 5.97 Å². The standard InChI is InChI=1S/C28H46O7/c1-7-21(29)19(4)26-24(34-26)16-17(2)10-8-9-11-23-18(3)12-13-25(31)28(6,33)15-14-22(30)20(5)27(32)35-23/h8-13,17-26,29-31,33H,7,14-16H2,1-6H3. The summed E-state index contributed by atoms with van der Waals surface area (Å²) in [7, 11) is 0. The van der Waals surface area contributed by atoms with Crippen LogP contribution in [0.25, 0.3) is 0 Å². The SMILES string of the molecule is CCC(O)C(C)C1OC1CC(C)C=CC=CC1OC(=O)C(C)C(O)CCC(C)(O)C(O)C=CC1C. The number of hydrogen-bond donors (Lipinski definition) is 4. The lowest BCUT2D eigenvalue weighted by Gasteiger charge is -2.31. The number of carbonyl (C=O) groups is 1. The van der Waals surface area contributed by atoms with E-state index in [2.05, 4.69) is 13.0 Å². The lowest BCUT2D eigenvalue weighted by atomic mass is 9.88. The fraction of sp³-hybridized carbons (Fsp3) is 0.750. The summed E-state index contributed by atoms with van der Waals surface area (Å²) in [5, 5.41) is 41.4. The third-order valence-corrected chi connectivity index (χ3v) is 7.52. The highest BCUT2D eigenvalue weighted by Gasteiger charge is 2.44. The Hall–Kier alpha value is -1.51. The van der Waals surface area contributed by atoms with Crippen LogP contribution in [0.2, 0.25) is 0 Å². The molecule has 0 spiro atoms. The quantitative estimate of drug-likeness (QED) is 0.177. The van der Waals surface area contributed by atoms with Crippen molar-refractivity contribution in [1.82, 2.24) is 0 Å². The number of cyclic esters (lactones) is 1. The minimum Gasteiger partial charge on any atom is -0.457 e. The van der Waals surface area contributed by atoms with Crippen molar-refractivity contribution in [2.45, 2.75) is 109 Å². The molecule has 0 aliphatic carbocycles. The fourth-order valence-electron chi connectivity index (χ4n) is 4.43. The van der Waals surface area contributed by atoms with Gasteiger partial charge in [-0.2, -0.15) is 0 Å². The Balaban J connectivity index is 2.01. The molecule has 1 saturated heterocycles. The van der Waals surface area contributed by atoms with Crippen LogP contribution in [0, 0.1) is 23.7 Å². The zero-order valence-corrected chi connectivity index (χ0v) is 22.1. The van der Waals surface area contributed by atoms with E-state index >= 15 is 0 Å². The average Bonchev–Trinajstić information content (AvgIpc) is 3.58. The molecule has 2 heterocycles. The summed E-state index contributed by atoms with van der Waals surface area (Å²) in [6, 6.07) is 0. The van der Waals surface area contributed by atoms with Gasteiger partial charge in [-0.05, 0) is 51.5 Å².